The third-order valence-electron chi connectivity index (χ3n) is 4.25. The zero-order chi connectivity index (χ0) is 11.7. The molecule has 0 aliphatic carbocycles. The van der Waals surface area contributed by atoms with Crippen LogP contribution in [0.25, 0.3) is 0 Å². The Hall–Kier alpha value is -1.02. The van der Waals surface area contributed by atoms with Crippen molar-refractivity contribution in [2.24, 2.45) is 0 Å². The Morgan fingerprint density at radius 1 is 1.18 bits per heavy atom. The Balaban J connectivity index is 1.65. The molecule has 2 aliphatic heterocycles. The Morgan fingerprint density at radius 3 is 2.71 bits per heavy atom. The van der Waals surface area contributed by atoms with Gasteiger partial charge in [0.05, 0.1) is 20.1 Å². The molecule has 2 nitrogen and oxygen atoms in total. The summed E-state index contributed by atoms with van der Waals surface area (Å²) in [6.07, 6.45) is 5.69. The number of ether oxygens (including phenoxy) is 1. The molecule has 0 amide bonds. The number of piperidine rings is 1. The van der Waals surface area contributed by atoms with E-state index >= 15 is 0 Å². The molecule has 3 rings (SSSR count). The lowest BCUT2D eigenvalue weighted by atomic mass is 10.1. The summed E-state index contributed by atoms with van der Waals surface area (Å²) in [6, 6.07) is 8.48. The minimum atomic E-state index is 0.399. The number of fused-ring (bicyclic) bond motifs is 1. The normalized spacial score (nSPS) is 26.3. The molecule has 17 heavy (non-hydrogen) atoms. The van der Waals surface area contributed by atoms with Gasteiger partial charge in [0, 0.05) is 6.42 Å². The lowest BCUT2D eigenvalue weighted by molar-refractivity contribution is -0.916. The van der Waals surface area contributed by atoms with Gasteiger partial charge in [0.1, 0.15) is 12.3 Å². The van der Waals surface area contributed by atoms with E-state index in [9.17, 15) is 0 Å². The van der Waals surface area contributed by atoms with Gasteiger partial charge in [-0.15, -0.1) is 0 Å². The van der Waals surface area contributed by atoms with Crippen LogP contribution in [0.15, 0.2) is 24.3 Å². The van der Waals surface area contributed by atoms with Crippen LogP contribution < -0.4 is 4.74 Å². The Labute approximate surface area is 104 Å². The Bertz CT molecular complexity index is 371. The highest BCUT2D eigenvalue weighted by Crippen LogP contribution is 2.30. The number of quaternary nitrogens is 1. The van der Waals surface area contributed by atoms with Crippen molar-refractivity contribution in [2.75, 3.05) is 26.7 Å². The second-order valence-electron chi connectivity index (χ2n) is 5.86. The van der Waals surface area contributed by atoms with Gasteiger partial charge in [0.25, 0.3) is 0 Å². The highest BCUT2D eigenvalue weighted by atomic mass is 16.5. The van der Waals surface area contributed by atoms with Gasteiger partial charge in [-0.25, -0.2) is 0 Å². The molecule has 0 spiro atoms. The van der Waals surface area contributed by atoms with Crippen molar-refractivity contribution in [1.29, 1.82) is 0 Å². The van der Waals surface area contributed by atoms with Crippen LogP contribution in [0.2, 0.25) is 0 Å². The summed E-state index contributed by atoms with van der Waals surface area (Å²) in [5.74, 6) is 1.11. The lowest BCUT2D eigenvalue weighted by Crippen LogP contribution is -2.52. The van der Waals surface area contributed by atoms with Crippen molar-refractivity contribution in [3.05, 3.63) is 29.8 Å². The third-order valence-corrected chi connectivity index (χ3v) is 4.25. The van der Waals surface area contributed by atoms with Gasteiger partial charge in [-0.05, 0) is 30.9 Å². The summed E-state index contributed by atoms with van der Waals surface area (Å²) in [5.41, 5.74) is 1.39. The van der Waals surface area contributed by atoms with Crippen molar-refractivity contribution in [3.8, 4) is 5.75 Å². The Morgan fingerprint density at radius 2 is 1.94 bits per heavy atom. The van der Waals surface area contributed by atoms with Crippen LogP contribution in [0.3, 0.4) is 0 Å². The molecule has 1 atom stereocenters. The van der Waals surface area contributed by atoms with Crippen LogP contribution in [0.5, 0.6) is 5.75 Å². The fraction of sp³-hybridized carbons (Fsp3) is 0.600. The zero-order valence-electron chi connectivity index (χ0n) is 10.7. The first-order chi connectivity index (χ1) is 8.25. The molecular weight excluding hydrogens is 210 g/mol. The molecule has 2 heterocycles. The second kappa shape index (κ2) is 4.34. The van der Waals surface area contributed by atoms with E-state index in [1.165, 1.54) is 48.9 Å². The largest absolute Gasteiger partial charge is 0.484 e. The second-order valence-corrected chi connectivity index (χ2v) is 5.86. The minimum Gasteiger partial charge on any atom is -0.484 e. The molecule has 0 radical (unpaired) electrons. The van der Waals surface area contributed by atoms with E-state index in [4.69, 9.17) is 4.74 Å². The first-order valence-corrected chi connectivity index (χ1v) is 6.83. The highest BCUT2D eigenvalue weighted by molar-refractivity contribution is 5.37. The molecule has 0 N–H and O–H groups in total. The minimum absolute atomic E-state index is 0.399. The molecule has 0 aromatic heterocycles. The first-order valence-electron chi connectivity index (χ1n) is 6.83. The summed E-state index contributed by atoms with van der Waals surface area (Å²) < 4.78 is 7.27. The van der Waals surface area contributed by atoms with E-state index in [-0.39, 0.29) is 0 Å². The van der Waals surface area contributed by atoms with Crippen molar-refractivity contribution in [2.45, 2.75) is 31.8 Å². The quantitative estimate of drug-likeness (QED) is 0.712. The molecule has 1 aromatic carbocycles. The van der Waals surface area contributed by atoms with Gasteiger partial charge < -0.3 is 9.22 Å². The van der Waals surface area contributed by atoms with Gasteiger partial charge in [0.15, 0.2) is 6.10 Å². The van der Waals surface area contributed by atoms with E-state index in [1.807, 2.05) is 0 Å². The molecule has 1 aromatic rings. The van der Waals surface area contributed by atoms with Crippen LogP contribution in [0, 0.1) is 0 Å². The van der Waals surface area contributed by atoms with Gasteiger partial charge >= 0.3 is 0 Å². The summed E-state index contributed by atoms with van der Waals surface area (Å²) in [6.45, 7) is 3.83. The number of hydrogen-bond donors (Lipinski definition) is 0. The molecule has 1 saturated heterocycles. The van der Waals surface area contributed by atoms with Crippen LogP contribution in [0.4, 0.5) is 0 Å². The van der Waals surface area contributed by atoms with Crippen molar-refractivity contribution in [3.63, 3.8) is 0 Å². The Kier molecular flexibility index (Phi) is 2.83. The predicted octanol–water partition coefficient (Wildman–Crippen LogP) is 2.62. The summed E-state index contributed by atoms with van der Waals surface area (Å²) >= 11 is 0. The topological polar surface area (TPSA) is 9.23 Å². The lowest BCUT2D eigenvalue weighted by Gasteiger charge is -2.39. The first kappa shape index (κ1) is 11.1. The number of likely N-dealkylation sites (N-methyl/N-ethyl adjacent to an activating group) is 1. The molecule has 0 bridgehead atoms. The monoisotopic (exact) mass is 232 g/mol. The summed E-state index contributed by atoms with van der Waals surface area (Å²) in [7, 11) is 2.39. The zero-order valence-corrected chi connectivity index (χ0v) is 10.7. The standard InChI is InChI=1S/C15H22NO/c1-16(9-5-2-6-10-16)12-14-11-13-7-3-4-8-15(13)17-14/h3-4,7-8,14H,2,5-6,9-12H2,1H3/q+1/t14-/m0/s1. The maximum Gasteiger partial charge on any atom is 0.151 e. The number of nitrogens with zero attached hydrogens (tertiary/aromatic N) is 1. The molecule has 2 aliphatic rings. The van der Waals surface area contributed by atoms with Gasteiger partial charge in [-0.3, -0.25) is 0 Å². The molecular formula is C15H22NO+. The van der Waals surface area contributed by atoms with E-state index in [0.717, 1.165) is 12.2 Å². The van der Waals surface area contributed by atoms with Crippen molar-refractivity contribution in [1.82, 2.24) is 0 Å². The van der Waals surface area contributed by atoms with Crippen molar-refractivity contribution >= 4 is 0 Å². The summed E-state index contributed by atoms with van der Waals surface area (Å²) in [4.78, 5) is 0. The van der Waals surface area contributed by atoms with Crippen LogP contribution in [0.1, 0.15) is 24.8 Å². The van der Waals surface area contributed by atoms with E-state index in [0.29, 0.717) is 6.10 Å². The number of rotatable bonds is 2. The number of benzene rings is 1. The molecule has 0 saturated carbocycles. The predicted molar refractivity (Wildman–Crippen MR) is 69.2 cm³/mol. The molecule has 2 heteroatoms. The van der Waals surface area contributed by atoms with Crippen molar-refractivity contribution < 1.29 is 9.22 Å². The summed E-state index contributed by atoms with van der Waals surface area (Å²) in [5, 5.41) is 0. The number of hydrogen-bond acceptors (Lipinski definition) is 1. The van der Waals surface area contributed by atoms with Gasteiger partial charge in [-0.1, -0.05) is 18.2 Å². The smallest absolute Gasteiger partial charge is 0.151 e. The maximum absolute atomic E-state index is 6.06. The van der Waals surface area contributed by atoms with Crippen LogP contribution in [-0.4, -0.2) is 37.3 Å². The van der Waals surface area contributed by atoms with Crippen LogP contribution >= 0.6 is 0 Å². The number of likely N-dealkylation sites (tertiary alicyclic amines) is 1. The van der Waals surface area contributed by atoms with E-state index in [2.05, 4.69) is 31.3 Å². The number of para-hydroxylation sites is 1. The highest BCUT2D eigenvalue weighted by Gasteiger charge is 2.32. The fourth-order valence-corrected chi connectivity index (χ4v) is 3.31. The average Bonchev–Trinajstić information content (AvgIpc) is 2.71. The van der Waals surface area contributed by atoms with E-state index in [1.54, 1.807) is 0 Å². The molecule has 92 valence electrons. The van der Waals surface area contributed by atoms with Gasteiger partial charge in [-0.2, -0.15) is 0 Å². The molecule has 1 fully saturated rings. The molecule has 0 unspecified atom stereocenters. The maximum atomic E-state index is 6.06. The SMILES string of the molecule is C[N+]1(C[C@@H]2Cc3ccccc3O2)CCCCC1. The van der Waals surface area contributed by atoms with Crippen LogP contribution in [-0.2, 0) is 6.42 Å². The average molecular weight is 232 g/mol. The third kappa shape index (κ3) is 2.32. The van der Waals surface area contributed by atoms with Gasteiger partial charge in [0.2, 0.25) is 0 Å². The van der Waals surface area contributed by atoms with E-state index < -0.39 is 0 Å². The fourth-order valence-electron chi connectivity index (χ4n) is 3.31.